The molecule has 1 N–H and O–H groups in total. The van der Waals surface area contributed by atoms with E-state index < -0.39 is 12.7 Å². The third kappa shape index (κ3) is 3.88. The lowest BCUT2D eigenvalue weighted by atomic mass is 10.1. The minimum atomic E-state index is -4.28. The molecule has 0 saturated heterocycles. The zero-order valence-electron chi connectivity index (χ0n) is 13.0. The smallest absolute Gasteiger partial charge is 0.408 e. The van der Waals surface area contributed by atoms with Crippen LogP contribution in [-0.2, 0) is 13.1 Å². The monoisotopic (exact) mass is 316 g/mol. The fraction of sp³-hybridized carbons (Fsp3) is 0.571. The molecule has 0 spiro atoms. The SMILES string of the molecule is Cc1cnc(CN[C@H](C)c2c(C)nn(CC(F)(F)F)c2C)o1. The lowest BCUT2D eigenvalue weighted by molar-refractivity contribution is -0.142. The molecule has 8 heteroatoms. The van der Waals surface area contributed by atoms with Gasteiger partial charge in [-0.05, 0) is 27.7 Å². The first kappa shape index (κ1) is 16.5. The molecular formula is C14H19F3N4O. The van der Waals surface area contributed by atoms with Gasteiger partial charge in [0, 0.05) is 17.3 Å². The van der Waals surface area contributed by atoms with E-state index in [4.69, 9.17) is 4.42 Å². The Balaban J connectivity index is 2.10. The van der Waals surface area contributed by atoms with Crippen LogP contribution in [0.25, 0.3) is 0 Å². The minimum absolute atomic E-state index is 0.158. The summed E-state index contributed by atoms with van der Waals surface area (Å²) in [4.78, 5) is 4.08. The number of halogens is 3. The number of aromatic nitrogens is 3. The van der Waals surface area contributed by atoms with Crippen LogP contribution in [0.5, 0.6) is 0 Å². The Bertz CT molecular complexity index is 645. The lowest BCUT2D eigenvalue weighted by Crippen LogP contribution is -2.21. The summed E-state index contributed by atoms with van der Waals surface area (Å²) in [6, 6.07) is -0.158. The third-order valence-electron chi connectivity index (χ3n) is 3.43. The molecule has 0 radical (unpaired) electrons. The summed E-state index contributed by atoms with van der Waals surface area (Å²) >= 11 is 0. The van der Waals surface area contributed by atoms with Crippen molar-refractivity contribution in [1.29, 1.82) is 0 Å². The van der Waals surface area contributed by atoms with Crippen LogP contribution in [0.1, 0.15) is 41.6 Å². The van der Waals surface area contributed by atoms with Crippen molar-refractivity contribution in [3.63, 3.8) is 0 Å². The summed E-state index contributed by atoms with van der Waals surface area (Å²) in [5.41, 5.74) is 1.87. The van der Waals surface area contributed by atoms with E-state index in [9.17, 15) is 13.2 Å². The van der Waals surface area contributed by atoms with Gasteiger partial charge in [0.2, 0.25) is 5.89 Å². The third-order valence-corrected chi connectivity index (χ3v) is 3.43. The summed E-state index contributed by atoms with van der Waals surface area (Å²) in [5, 5.41) is 7.19. The quantitative estimate of drug-likeness (QED) is 0.920. The largest absolute Gasteiger partial charge is 0.445 e. The summed E-state index contributed by atoms with van der Waals surface area (Å²) in [6.45, 7) is 6.36. The highest BCUT2D eigenvalue weighted by atomic mass is 19.4. The Labute approximate surface area is 126 Å². The molecule has 0 amide bonds. The second-order valence-corrected chi connectivity index (χ2v) is 5.32. The van der Waals surface area contributed by atoms with Crippen molar-refractivity contribution >= 4 is 0 Å². The molecule has 5 nitrogen and oxygen atoms in total. The summed E-state index contributed by atoms with van der Waals surface area (Å²) in [7, 11) is 0. The van der Waals surface area contributed by atoms with Crippen molar-refractivity contribution in [2.24, 2.45) is 0 Å². The average molecular weight is 316 g/mol. The molecule has 0 bridgehead atoms. The maximum Gasteiger partial charge on any atom is 0.408 e. The van der Waals surface area contributed by atoms with Crippen molar-refractivity contribution in [1.82, 2.24) is 20.1 Å². The van der Waals surface area contributed by atoms with Gasteiger partial charge in [-0.3, -0.25) is 4.68 Å². The van der Waals surface area contributed by atoms with Gasteiger partial charge in [0.25, 0.3) is 0 Å². The van der Waals surface area contributed by atoms with E-state index in [1.807, 2.05) is 6.92 Å². The van der Waals surface area contributed by atoms with Crippen LogP contribution in [0.3, 0.4) is 0 Å². The van der Waals surface area contributed by atoms with Gasteiger partial charge in [-0.15, -0.1) is 0 Å². The van der Waals surface area contributed by atoms with E-state index in [1.165, 1.54) is 0 Å². The van der Waals surface area contributed by atoms with E-state index in [1.54, 1.807) is 27.0 Å². The van der Waals surface area contributed by atoms with Crippen LogP contribution in [0.2, 0.25) is 0 Å². The molecule has 0 aromatic carbocycles. The molecule has 0 aliphatic carbocycles. The van der Waals surface area contributed by atoms with Crippen molar-refractivity contribution in [3.05, 3.63) is 34.8 Å². The van der Waals surface area contributed by atoms with Crippen molar-refractivity contribution < 1.29 is 17.6 Å². The number of hydrogen-bond donors (Lipinski definition) is 1. The Hall–Kier alpha value is -1.83. The zero-order valence-corrected chi connectivity index (χ0v) is 13.0. The van der Waals surface area contributed by atoms with Crippen molar-refractivity contribution in [2.75, 3.05) is 0 Å². The van der Waals surface area contributed by atoms with Crippen molar-refractivity contribution in [3.8, 4) is 0 Å². The molecule has 0 saturated carbocycles. The van der Waals surface area contributed by atoms with E-state index in [-0.39, 0.29) is 6.04 Å². The van der Waals surface area contributed by atoms with Crippen LogP contribution >= 0.6 is 0 Å². The topological polar surface area (TPSA) is 55.9 Å². The molecule has 2 aromatic rings. The number of aryl methyl sites for hydroxylation is 2. The number of hydrogen-bond acceptors (Lipinski definition) is 4. The number of rotatable bonds is 5. The molecular weight excluding hydrogens is 297 g/mol. The van der Waals surface area contributed by atoms with Crippen LogP contribution in [0, 0.1) is 20.8 Å². The van der Waals surface area contributed by atoms with Crippen LogP contribution in [0.15, 0.2) is 10.6 Å². The van der Waals surface area contributed by atoms with Gasteiger partial charge in [-0.2, -0.15) is 18.3 Å². The summed E-state index contributed by atoms with van der Waals surface area (Å²) in [6.07, 6.45) is -2.66. The lowest BCUT2D eigenvalue weighted by Gasteiger charge is -2.14. The summed E-state index contributed by atoms with van der Waals surface area (Å²) in [5.74, 6) is 1.26. The molecule has 2 aromatic heterocycles. The van der Waals surface area contributed by atoms with Gasteiger partial charge < -0.3 is 9.73 Å². The van der Waals surface area contributed by atoms with Gasteiger partial charge in [0.1, 0.15) is 12.3 Å². The maximum atomic E-state index is 12.5. The van der Waals surface area contributed by atoms with Crippen LogP contribution < -0.4 is 5.32 Å². The van der Waals surface area contributed by atoms with Gasteiger partial charge in [-0.1, -0.05) is 0 Å². The standard InChI is InChI=1S/C14H19F3N4O/c1-8-5-19-12(22-8)6-18-9(2)13-10(3)20-21(11(13)4)7-14(15,16)17/h5,9,18H,6-7H2,1-4H3/t9-/m1/s1. The van der Waals surface area contributed by atoms with Gasteiger partial charge >= 0.3 is 6.18 Å². The van der Waals surface area contributed by atoms with Gasteiger partial charge in [0.15, 0.2) is 0 Å². The molecule has 0 aliphatic rings. The van der Waals surface area contributed by atoms with Gasteiger partial charge in [0.05, 0.1) is 18.4 Å². The fourth-order valence-corrected chi connectivity index (χ4v) is 2.49. The predicted molar refractivity (Wildman–Crippen MR) is 74.3 cm³/mol. The first-order valence-electron chi connectivity index (χ1n) is 6.92. The zero-order chi connectivity index (χ0) is 16.5. The molecule has 0 fully saturated rings. The maximum absolute atomic E-state index is 12.5. The second-order valence-electron chi connectivity index (χ2n) is 5.32. The molecule has 2 heterocycles. The molecule has 2 rings (SSSR count). The van der Waals surface area contributed by atoms with Crippen LogP contribution in [0.4, 0.5) is 13.2 Å². The minimum Gasteiger partial charge on any atom is -0.445 e. The first-order valence-corrected chi connectivity index (χ1v) is 6.92. The Morgan fingerprint density at radius 2 is 2.00 bits per heavy atom. The highest BCUT2D eigenvalue weighted by Gasteiger charge is 2.30. The second kappa shape index (κ2) is 6.12. The first-order chi connectivity index (χ1) is 10.2. The van der Waals surface area contributed by atoms with Crippen LogP contribution in [-0.4, -0.2) is 20.9 Å². The molecule has 0 aliphatic heterocycles. The highest BCUT2D eigenvalue weighted by Crippen LogP contribution is 2.25. The Kier molecular flexibility index (Phi) is 4.60. The molecule has 22 heavy (non-hydrogen) atoms. The highest BCUT2D eigenvalue weighted by molar-refractivity contribution is 5.27. The average Bonchev–Trinajstić information content (AvgIpc) is 2.90. The number of alkyl halides is 3. The Morgan fingerprint density at radius 3 is 2.55 bits per heavy atom. The van der Waals surface area contributed by atoms with Crippen molar-refractivity contribution in [2.45, 2.75) is 53.0 Å². The Morgan fingerprint density at radius 1 is 1.32 bits per heavy atom. The number of nitrogens with zero attached hydrogens (tertiary/aromatic N) is 3. The molecule has 1 atom stereocenters. The van der Waals surface area contributed by atoms with E-state index >= 15 is 0 Å². The van der Waals surface area contributed by atoms with E-state index in [0.29, 0.717) is 23.8 Å². The summed E-state index contributed by atoms with van der Waals surface area (Å²) < 4.78 is 44.0. The number of nitrogens with one attached hydrogen (secondary N) is 1. The molecule has 122 valence electrons. The predicted octanol–water partition coefficient (Wildman–Crippen LogP) is 3.21. The van der Waals surface area contributed by atoms with Gasteiger partial charge in [-0.25, -0.2) is 4.98 Å². The normalized spacial score (nSPS) is 13.6. The van der Waals surface area contributed by atoms with E-state index in [0.717, 1.165) is 16.0 Å². The molecule has 0 unspecified atom stereocenters. The van der Waals surface area contributed by atoms with E-state index in [2.05, 4.69) is 15.4 Å². The fourth-order valence-electron chi connectivity index (χ4n) is 2.49. The number of oxazole rings is 1.